The number of nitrogens with two attached hydrogens (primary N) is 1. The van der Waals surface area contributed by atoms with Crippen molar-refractivity contribution >= 4 is 28.2 Å². The maximum absolute atomic E-state index is 13.5. The molecule has 4 heterocycles. The van der Waals surface area contributed by atoms with Crippen molar-refractivity contribution in [3.05, 3.63) is 53.7 Å². The third-order valence-corrected chi connectivity index (χ3v) is 8.35. The number of hydrogen-bond acceptors (Lipinski definition) is 5. The molecule has 1 aromatic heterocycles. The van der Waals surface area contributed by atoms with Crippen LogP contribution in [0.25, 0.3) is 10.9 Å². The summed E-state index contributed by atoms with van der Waals surface area (Å²) in [7, 11) is 0. The van der Waals surface area contributed by atoms with Crippen LogP contribution in [0, 0.1) is 5.92 Å². The minimum atomic E-state index is -0.206. The maximum atomic E-state index is 13.5. The molecular formula is C29H35N5O2. The van der Waals surface area contributed by atoms with Crippen molar-refractivity contribution in [1.29, 1.82) is 0 Å². The first-order valence-corrected chi connectivity index (χ1v) is 13.4. The number of fused-ring (bicyclic) bond motifs is 1. The summed E-state index contributed by atoms with van der Waals surface area (Å²) in [6.07, 6.45) is 4.52. The van der Waals surface area contributed by atoms with Crippen LogP contribution in [0.5, 0.6) is 5.75 Å². The van der Waals surface area contributed by atoms with Gasteiger partial charge in [-0.1, -0.05) is 18.2 Å². The van der Waals surface area contributed by atoms with Crippen LogP contribution >= 0.6 is 0 Å². The van der Waals surface area contributed by atoms with Gasteiger partial charge in [0.1, 0.15) is 24.2 Å². The van der Waals surface area contributed by atoms with Crippen molar-refractivity contribution in [1.82, 2.24) is 9.47 Å². The molecule has 0 spiro atoms. The van der Waals surface area contributed by atoms with E-state index in [1.807, 2.05) is 17.0 Å². The first kappa shape index (κ1) is 22.0. The Labute approximate surface area is 212 Å². The van der Waals surface area contributed by atoms with Crippen molar-refractivity contribution in [2.75, 3.05) is 29.9 Å². The second kappa shape index (κ2) is 7.90. The molecule has 3 N–H and O–H groups in total. The van der Waals surface area contributed by atoms with E-state index in [1.165, 1.54) is 29.4 Å². The Hall–Kier alpha value is -3.19. The number of carbonyl (C=O) groups excluding carboxylic acids is 1. The zero-order valence-electron chi connectivity index (χ0n) is 21.2. The molecule has 2 atom stereocenters. The van der Waals surface area contributed by atoms with Crippen LogP contribution in [0.15, 0.2) is 42.5 Å². The Morgan fingerprint density at radius 1 is 1.17 bits per heavy atom. The van der Waals surface area contributed by atoms with Crippen LogP contribution in [0.2, 0.25) is 0 Å². The van der Waals surface area contributed by atoms with Crippen molar-refractivity contribution in [2.24, 2.45) is 11.7 Å². The first-order valence-electron chi connectivity index (χ1n) is 13.4. The highest BCUT2D eigenvalue weighted by Gasteiger charge is 2.46. The molecular weight excluding hydrogens is 450 g/mol. The number of carbonyl (C=O) groups is 1. The van der Waals surface area contributed by atoms with E-state index in [1.54, 1.807) is 0 Å². The molecule has 2 aromatic carbocycles. The first-order chi connectivity index (χ1) is 17.4. The molecule has 7 rings (SSSR count). The number of piperidine rings is 1. The predicted molar refractivity (Wildman–Crippen MR) is 143 cm³/mol. The predicted octanol–water partition coefficient (Wildman–Crippen LogP) is 4.72. The lowest BCUT2D eigenvalue weighted by atomic mass is 9.98. The number of nitrogens with zero attached hydrogens (tertiary/aromatic N) is 3. The highest BCUT2D eigenvalue weighted by molar-refractivity contribution is 5.99. The Balaban J connectivity index is 1.31. The average molecular weight is 486 g/mol. The Morgan fingerprint density at radius 2 is 2.00 bits per heavy atom. The summed E-state index contributed by atoms with van der Waals surface area (Å²) in [6, 6.07) is 15.0. The molecule has 2 fully saturated rings. The van der Waals surface area contributed by atoms with Crippen molar-refractivity contribution in [3.63, 3.8) is 0 Å². The van der Waals surface area contributed by atoms with E-state index in [9.17, 15) is 4.79 Å². The van der Waals surface area contributed by atoms with E-state index in [0.29, 0.717) is 18.7 Å². The standard InChI is InChI=1S/C29H35N5O2/c1-29(2)17-36-25-14-20(28(35)32-11-5-7-21(30)16-32)12-22-26(25)34(29)27(31-22)24-13-19-6-3-4-8-23(19)33(24)15-18-9-10-18/h3-4,6,8,12-14,18,21,27,31H,5,7,9-11,15-17,30H2,1-2H3/t21?,27-/m1/s1. The number of ether oxygens (including phenoxy) is 1. The van der Waals surface area contributed by atoms with Gasteiger partial charge in [0.05, 0.1) is 16.9 Å². The molecule has 3 aliphatic heterocycles. The molecule has 1 aliphatic carbocycles. The number of likely N-dealkylation sites (tertiary alicyclic amines) is 1. The molecule has 3 aromatic rings. The molecule has 7 nitrogen and oxygen atoms in total. The molecule has 0 radical (unpaired) electrons. The monoisotopic (exact) mass is 485 g/mol. The van der Waals surface area contributed by atoms with Gasteiger partial charge in [0, 0.05) is 42.1 Å². The molecule has 1 amide bonds. The quantitative estimate of drug-likeness (QED) is 0.560. The van der Waals surface area contributed by atoms with Gasteiger partial charge in [-0.15, -0.1) is 0 Å². The molecule has 7 heteroatoms. The van der Waals surface area contributed by atoms with E-state index in [2.05, 4.69) is 59.0 Å². The summed E-state index contributed by atoms with van der Waals surface area (Å²) in [4.78, 5) is 17.8. The van der Waals surface area contributed by atoms with Gasteiger partial charge >= 0.3 is 0 Å². The number of amides is 1. The lowest BCUT2D eigenvalue weighted by Crippen LogP contribution is -2.52. The number of para-hydroxylation sites is 1. The maximum Gasteiger partial charge on any atom is 0.254 e. The molecule has 1 unspecified atom stereocenters. The van der Waals surface area contributed by atoms with E-state index in [0.717, 1.165) is 49.0 Å². The zero-order valence-corrected chi connectivity index (χ0v) is 21.2. The summed E-state index contributed by atoms with van der Waals surface area (Å²) in [5.74, 6) is 1.59. The number of aromatic nitrogens is 1. The smallest absolute Gasteiger partial charge is 0.254 e. The molecule has 0 bridgehead atoms. The van der Waals surface area contributed by atoms with Crippen molar-refractivity contribution in [3.8, 4) is 5.75 Å². The minimum absolute atomic E-state index is 0.0300. The van der Waals surface area contributed by atoms with Crippen LogP contribution in [-0.4, -0.2) is 46.7 Å². The number of rotatable bonds is 4. The summed E-state index contributed by atoms with van der Waals surface area (Å²) in [5.41, 5.74) is 11.2. The summed E-state index contributed by atoms with van der Waals surface area (Å²) in [5, 5.41) is 5.09. The van der Waals surface area contributed by atoms with Crippen molar-refractivity contribution in [2.45, 2.75) is 63.8 Å². The topological polar surface area (TPSA) is 75.8 Å². The molecule has 188 valence electrons. The fraction of sp³-hybridized carbons (Fsp3) is 0.483. The molecule has 36 heavy (non-hydrogen) atoms. The molecule has 1 saturated carbocycles. The van der Waals surface area contributed by atoms with Gasteiger partial charge in [-0.2, -0.15) is 0 Å². The SMILES string of the molecule is CC1(C)COc2cc(C(=O)N3CCCC(N)C3)cc3c2N1[C@H](c1cc2ccccc2n1CC1CC1)N3. The fourth-order valence-electron chi connectivity index (χ4n) is 6.32. The van der Waals surface area contributed by atoms with E-state index in [-0.39, 0.29) is 23.7 Å². The van der Waals surface area contributed by atoms with E-state index in [4.69, 9.17) is 10.5 Å². The van der Waals surface area contributed by atoms with E-state index >= 15 is 0 Å². The van der Waals surface area contributed by atoms with Crippen LogP contribution in [0.3, 0.4) is 0 Å². The van der Waals surface area contributed by atoms with Crippen LogP contribution in [-0.2, 0) is 6.54 Å². The van der Waals surface area contributed by atoms with Crippen LogP contribution < -0.4 is 20.7 Å². The van der Waals surface area contributed by atoms with E-state index < -0.39 is 0 Å². The van der Waals surface area contributed by atoms with Gasteiger partial charge < -0.3 is 30.2 Å². The minimum Gasteiger partial charge on any atom is -0.489 e. The second-order valence-electron chi connectivity index (χ2n) is 11.7. The van der Waals surface area contributed by atoms with Crippen LogP contribution in [0.4, 0.5) is 11.4 Å². The summed E-state index contributed by atoms with van der Waals surface area (Å²) < 4.78 is 8.81. The third kappa shape index (κ3) is 3.47. The van der Waals surface area contributed by atoms with Gasteiger partial charge in [-0.25, -0.2) is 0 Å². The normalized spacial score (nSPS) is 24.4. The highest BCUT2D eigenvalue weighted by atomic mass is 16.5. The Morgan fingerprint density at radius 3 is 2.81 bits per heavy atom. The van der Waals surface area contributed by atoms with Gasteiger partial charge in [-0.05, 0) is 69.7 Å². The second-order valence-corrected chi connectivity index (χ2v) is 11.7. The van der Waals surface area contributed by atoms with Gasteiger partial charge in [-0.3, -0.25) is 4.79 Å². The van der Waals surface area contributed by atoms with Crippen LogP contribution in [0.1, 0.15) is 61.7 Å². The largest absolute Gasteiger partial charge is 0.489 e. The Bertz CT molecular complexity index is 1360. The zero-order chi connectivity index (χ0) is 24.6. The number of anilines is 2. The summed E-state index contributed by atoms with van der Waals surface area (Å²) >= 11 is 0. The van der Waals surface area contributed by atoms with Gasteiger partial charge in [0.25, 0.3) is 5.91 Å². The lowest BCUT2D eigenvalue weighted by molar-refractivity contribution is 0.0708. The van der Waals surface area contributed by atoms with Gasteiger partial charge in [0.2, 0.25) is 0 Å². The lowest BCUT2D eigenvalue weighted by Gasteiger charge is -2.44. The third-order valence-electron chi connectivity index (χ3n) is 8.35. The molecule has 4 aliphatic rings. The number of nitrogens with one attached hydrogen (secondary N) is 1. The summed E-state index contributed by atoms with van der Waals surface area (Å²) in [6.45, 7) is 7.46. The number of hydrogen-bond donors (Lipinski definition) is 2. The average Bonchev–Trinajstić information content (AvgIpc) is 3.49. The highest BCUT2D eigenvalue weighted by Crippen LogP contribution is 2.54. The fourth-order valence-corrected chi connectivity index (χ4v) is 6.32. The Kier molecular flexibility index (Phi) is 4.84. The van der Waals surface area contributed by atoms with Gasteiger partial charge in [0.15, 0.2) is 0 Å². The number of benzene rings is 2. The van der Waals surface area contributed by atoms with Crippen molar-refractivity contribution < 1.29 is 9.53 Å². The molecule has 1 saturated heterocycles.